The number of hydrogen-bond acceptors (Lipinski definition) is 3. The van der Waals surface area contributed by atoms with E-state index in [4.69, 9.17) is 9.47 Å². The summed E-state index contributed by atoms with van der Waals surface area (Å²) < 4.78 is 13.3. The number of fused-ring (bicyclic) bond motifs is 7. The van der Waals surface area contributed by atoms with Gasteiger partial charge in [0.15, 0.2) is 0 Å². The van der Waals surface area contributed by atoms with E-state index in [0.717, 1.165) is 37.0 Å². The molecule has 164 valence electrons. The molecule has 0 bridgehead atoms. The van der Waals surface area contributed by atoms with Crippen LogP contribution in [0.25, 0.3) is 0 Å². The molecule has 2 aliphatic carbocycles. The summed E-state index contributed by atoms with van der Waals surface area (Å²) in [7, 11) is 0. The maximum absolute atomic E-state index is 11.6. The maximum Gasteiger partial charge on any atom is 0.233 e. The first-order valence-electron chi connectivity index (χ1n) is 12.0. The molecule has 3 aliphatic rings. The lowest BCUT2D eigenvalue weighted by Gasteiger charge is -2.37. The molecule has 1 heterocycles. The van der Waals surface area contributed by atoms with E-state index >= 15 is 0 Å². The van der Waals surface area contributed by atoms with Crippen LogP contribution in [0.15, 0.2) is 66.7 Å². The van der Waals surface area contributed by atoms with Crippen molar-refractivity contribution in [2.75, 3.05) is 0 Å². The first kappa shape index (κ1) is 20.0. The minimum absolute atomic E-state index is 0.0280. The molecule has 3 nitrogen and oxygen atoms in total. The second-order valence-corrected chi connectivity index (χ2v) is 9.68. The van der Waals surface area contributed by atoms with Crippen LogP contribution in [0.2, 0.25) is 0 Å². The number of hydrogen-bond donors (Lipinski definition) is 1. The van der Waals surface area contributed by atoms with Crippen molar-refractivity contribution in [2.24, 2.45) is 0 Å². The zero-order valence-electron chi connectivity index (χ0n) is 18.6. The van der Waals surface area contributed by atoms with Gasteiger partial charge in [0.25, 0.3) is 0 Å². The molecule has 0 spiro atoms. The number of rotatable bonds is 2. The van der Waals surface area contributed by atoms with Crippen molar-refractivity contribution in [1.82, 2.24) is 0 Å². The SMILES string of the molecule is CC(O)(c1ccccc1)C1Oc2ccc3c(c2[C@H]2c4ccccc4CC[C@H]2O1)CCCC3. The first-order chi connectivity index (χ1) is 15.6. The highest BCUT2D eigenvalue weighted by Gasteiger charge is 2.46. The van der Waals surface area contributed by atoms with Gasteiger partial charge in [-0.15, -0.1) is 0 Å². The molecular weight excluding hydrogens is 396 g/mol. The summed E-state index contributed by atoms with van der Waals surface area (Å²) in [5, 5.41) is 11.6. The molecule has 0 amide bonds. The Hall–Kier alpha value is -2.62. The molecule has 0 radical (unpaired) electrons. The molecule has 1 aliphatic heterocycles. The molecule has 0 aromatic heterocycles. The summed E-state index contributed by atoms with van der Waals surface area (Å²) in [6.45, 7) is 1.81. The molecule has 32 heavy (non-hydrogen) atoms. The van der Waals surface area contributed by atoms with E-state index in [0.29, 0.717) is 0 Å². The van der Waals surface area contributed by atoms with Gasteiger partial charge in [0, 0.05) is 11.5 Å². The molecule has 0 saturated carbocycles. The Morgan fingerprint density at radius 3 is 2.50 bits per heavy atom. The van der Waals surface area contributed by atoms with Crippen molar-refractivity contribution >= 4 is 0 Å². The van der Waals surface area contributed by atoms with Crippen molar-refractivity contribution in [1.29, 1.82) is 0 Å². The van der Waals surface area contributed by atoms with Crippen LogP contribution in [-0.2, 0) is 29.6 Å². The third-order valence-corrected chi connectivity index (χ3v) is 7.66. The van der Waals surface area contributed by atoms with Gasteiger partial charge >= 0.3 is 0 Å². The molecular formula is C29H30O3. The van der Waals surface area contributed by atoms with Gasteiger partial charge in [-0.3, -0.25) is 0 Å². The van der Waals surface area contributed by atoms with Gasteiger partial charge in [-0.25, -0.2) is 0 Å². The van der Waals surface area contributed by atoms with Gasteiger partial charge in [0.1, 0.15) is 11.4 Å². The summed E-state index contributed by atoms with van der Waals surface area (Å²) in [4.78, 5) is 0. The van der Waals surface area contributed by atoms with Crippen LogP contribution in [-0.4, -0.2) is 17.5 Å². The Morgan fingerprint density at radius 1 is 0.844 bits per heavy atom. The maximum atomic E-state index is 11.6. The molecule has 6 rings (SSSR count). The zero-order chi connectivity index (χ0) is 21.7. The van der Waals surface area contributed by atoms with E-state index in [-0.39, 0.29) is 12.0 Å². The lowest BCUT2D eigenvalue weighted by atomic mass is 9.73. The summed E-state index contributed by atoms with van der Waals surface area (Å²) >= 11 is 0. The van der Waals surface area contributed by atoms with Crippen LogP contribution in [0.5, 0.6) is 5.75 Å². The third-order valence-electron chi connectivity index (χ3n) is 7.66. The fraction of sp³-hybridized carbons (Fsp3) is 0.379. The number of benzene rings is 3. The van der Waals surface area contributed by atoms with Gasteiger partial charge < -0.3 is 14.6 Å². The normalized spacial score (nSPS) is 25.8. The van der Waals surface area contributed by atoms with Crippen molar-refractivity contribution < 1.29 is 14.6 Å². The van der Waals surface area contributed by atoms with Crippen LogP contribution in [0, 0.1) is 0 Å². The molecule has 3 heteroatoms. The Labute approximate surface area is 190 Å². The highest BCUT2D eigenvalue weighted by Crippen LogP contribution is 2.49. The van der Waals surface area contributed by atoms with Crippen molar-refractivity contribution in [3.05, 3.63) is 100 Å². The quantitative estimate of drug-likeness (QED) is 0.575. The van der Waals surface area contributed by atoms with E-state index in [1.807, 2.05) is 37.3 Å². The minimum Gasteiger partial charge on any atom is -0.461 e. The van der Waals surface area contributed by atoms with E-state index in [2.05, 4.69) is 36.4 Å². The van der Waals surface area contributed by atoms with Crippen molar-refractivity contribution in [3.8, 4) is 5.75 Å². The van der Waals surface area contributed by atoms with Crippen molar-refractivity contribution in [2.45, 2.75) is 69.4 Å². The standard InChI is InChI=1S/C29H30O3/c1-29(30,21-11-3-2-4-12-21)28-31-24-17-15-19-9-5-7-13-22(19)26(24)27-23-14-8-6-10-20(23)16-18-25(27)32-28/h2-5,7,9,11-13,16,18,24,26,28,30H,6,8,10,14-15,17H2,1H3/t24-,26+,28?,29?/m1/s1. The predicted octanol–water partition coefficient (Wildman–Crippen LogP) is 5.65. The second-order valence-electron chi connectivity index (χ2n) is 9.68. The van der Waals surface area contributed by atoms with E-state index in [9.17, 15) is 5.11 Å². The van der Waals surface area contributed by atoms with Gasteiger partial charge in [0.2, 0.25) is 6.29 Å². The summed E-state index contributed by atoms with van der Waals surface area (Å²) in [5.41, 5.74) is 6.50. The summed E-state index contributed by atoms with van der Waals surface area (Å²) in [6.07, 6.45) is 5.80. The van der Waals surface area contributed by atoms with Crippen molar-refractivity contribution in [3.63, 3.8) is 0 Å². The van der Waals surface area contributed by atoms with Crippen LogP contribution in [0.1, 0.15) is 65.5 Å². The third kappa shape index (κ3) is 3.18. The molecule has 0 saturated heterocycles. The monoisotopic (exact) mass is 426 g/mol. The van der Waals surface area contributed by atoms with Gasteiger partial charge in [-0.05, 0) is 79.3 Å². The highest BCUT2D eigenvalue weighted by molar-refractivity contribution is 5.55. The Bertz CT molecular complexity index is 1130. The largest absolute Gasteiger partial charge is 0.461 e. The zero-order valence-corrected chi connectivity index (χ0v) is 18.6. The molecule has 3 aromatic rings. The number of aliphatic hydroxyl groups is 1. The fourth-order valence-electron chi connectivity index (χ4n) is 5.96. The Kier molecular flexibility index (Phi) is 4.85. The van der Waals surface area contributed by atoms with Crippen LogP contribution < -0.4 is 4.74 Å². The average Bonchev–Trinajstić information content (AvgIpc) is 3.02. The Balaban J connectivity index is 1.52. The van der Waals surface area contributed by atoms with Crippen LogP contribution in [0.4, 0.5) is 0 Å². The number of ether oxygens (including phenoxy) is 2. The van der Waals surface area contributed by atoms with E-state index in [1.165, 1.54) is 40.7 Å². The predicted molar refractivity (Wildman–Crippen MR) is 125 cm³/mol. The van der Waals surface area contributed by atoms with Gasteiger partial charge in [-0.1, -0.05) is 60.7 Å². The lowest BCUT2D eigenvalue weighted by Crippen LogP contribution is -2.45. The lowest BCUT2D eigenvalue weighted by molar-refractivity contribution is -0.216. The second kappa shape index (κ2) is 7.75. The average molecular weight is 427 g/mol. The van der Waals surface area contributed by atoms with Crippen LogP contribution in [0.3, 0.4) is 0 Å². The van der Waals surface area contributed by atoms with Gasteiger partial charge in [0.05, 0.1) is 6.10 Å². The highest BCUT2D eigenvalue weighted by atomic mass is 16.7. The minimum atomic E-state index is -1.26. The van der Waals surface area contributed by atoms with E-state index in [1.54, 1.807) is 0 Å². The molecule has 2 unspecified atom stereocenters. The molecule has 3 aromatic carbocycles. The topological polar surface area (TPSA) is 38.7 Å². The molecule has 4 atom stereocenters. The van der Waals surface area contributed by atoms with E-state index < -0.39 is 11.9 Å². The summed E-state index contributed by atoms with van der Waals surface area (Å²) in [6, 6.07) is 22.9. The molecule has 0 fully saturated rings. The van der Waals surface area contributed by atoms with Crippen LogP contribution >= 0.6 is 0 Å². The molecule has 1 N–H and O–H groups in total. The fourth-order valence-corrected chi connectivity index (χ4v) is 5.96. The van der Waals surface area contributed by atoms with Gasteiger partial charge in [-0.2, -0.15) is 0 Å². The smallest absolute Gasteiger partial charge is 0.233 e. The Morgan fingerprint density at radius 2 is 1.62 bits per heavy atom. The number of aryl methyl sites for hydroxylation is 2. The summed E-state index contributed by atoms with van der Waals surface area (Å²) in [5.74, 6) is 1.01. The first-order valence-corrected chi connectivity index (χ1v) is 12.0.